The van der Waals surface area contributed by atoms with Gasteiger partial charge in [-0.25, -0.2) is 15.0 Å². The summed E-state index contributed by atoms with van der Waals surface area (Å²) in [6, 6.07) is 3.58. The van der Waals surface area contributed by atoms with Crippen LogP contribution in [0, 0.1) is 0 Å². The van der Waals surface area contributed by atoms with Crippen molar-refractivity contribution in [1.82, 2.24) is 24.5 Å². The minimum absolute atomic E-state index is 0.246. The number of ether oxygens (including phenoxy) is 1. The van der Waals surface area contributed by atoms with Crippen molar-refractivity contribution >= 4 is 17.0 Å². The van der Waals surface area contributed by atoms with Gasteiger partial charge in [-0.1, -0.05) is 0 Å². The molecule has 4 rings (SSSR count). The molecule has 1 aliphatic rings. The summed E-state index contributed by atoms with van der Waals surface area (Å²) in [4.78, 5) is 17.1. The van der Waals surface area contributed by atoms with E-state index in [4.69, 9.17) is 10.5 Å². The van der Waals surface area contributed by atoms with Crippen LogP contribution in [0.25, 0.3) is 22.6 Å². The first-order valence-electron chi connectivity index (χ1n) is 7.52. The van der Waals surface area contributed by atoms with Crippen molar-refractivity contribution in [2.24, 2.45) is 0 Å². The normalized spacial score (nSPS) is 23.8. The second-order valence-electron chi connectivity index (χ2n) is 5.61. The lowest BCUT2D eigenvalue weighted by Gasteiger charge is -2.14. The molecule has 0 saturated carbocycles. The molecule has 0 bridgehead atoms. The number of rotatable bonds is 3. The molecule has 3 aromatic heterocycles. The van der Waals surface area contributed by atoms with Crippen molar-refractivity contribution in [3.8, 4) is 11.4 Å². The first-order chi connectivity index (χ1) is 11.7. The van der Waals surface area contributed by atoms with Crippen molar-refractivity contribution in [2.75, 3.05) is 12.3 Å². The third kappa shape index (κ3) is 2.39. The maximum absolute atomic E-state index is 9.93. The highest BCUT2D eigenvalue weighted by Crippen LogP contribution is 2.32. The molecule has 9 heteroatoms. The Hall–Kier alpha value is -2.62. The molecule has 9 nitrogen and oxygen atoms in total. The average Bonchev–Trinajstić information content (AvgIpc) is 3.19. The number of nitrogens with two attached hydrogens (primary N) is 1. The number of imidazole rings is 1. The first-order valence-corrected chi connectivity index (χ1v) is 7.52. The van der Waals surface area contributed by atoms with Crippen molar-refractivity contribution in [3.05, 3.63) is 30.9 Å². The van der Waals surface area contributed by atoms with Crippen LogP contribution in [0.1, 0.15) is 12.6 Å². The van der Waals surface area contributed by atoms with E-state index in [9.17, 15) is 10.2 Å². The van der Waals surface area contributed by atoms with Gasteiger partial charge in [-0.3, -0.25) is 9.55 Å². The average molecular weight is 328 g/mol. The molecule has 0 aliphatic carbocycles. The maximum Gasteiger partial charge on any atom is 0.168 e. The molecule has 3 atom stereocenters. The summed E-state index contributed by atoms with van der Waals surface area (Å²) in [7, 11) is 0. The van der Waals surface area contributed by atoms with Gasteiger partial charge in [-0.15, -0.1) is 0 Å². The van der Waals surface area contributed by atoms with Gasteiger partial charge in [0.15, 0.2) is 17.3 Å². The third-order valence-electron chi connectivity index (χ3n) is 4.08. The second-order valence-corrected chi connectivity index (χ2v) is 5.61. The van der Waals surface area contributed by atoms with Gasteiger partial charge in [-0.05, 0) is 12.1 Å². The molecule has 0 radical (unpaired) electrons. The molecule has 0 aromatic carbocycles. The summed E-state index contributed by atoms with van der Waals surface area (Å²) in [5.41, 5.74) is 7.79. The quantitative estimate of drug-likeness (QED) is 0.617. The van der Waals surface area contributed by atoms with Gasteiger partial charge in [0.1, 0.15) is 17.8 Å². The van der Waals surface area contributed by atoms with E-state index in [0.29, 0.717) is 23.4 Å². The molecule has 4 N–H and O–H groups in total. The lowest BCUT2D eigenvalue weighted by molar-refractivity contribution is -0.0432. The van der Waals surface area contributed by atoms with E-state index < -0.39 is 18.4 Å². The number of nitrogens with zero attached hydrogens (tertiary/aromatic N) is 5. The maximum atomic E-state index is 9.93. The predicted octanol–water partition coefficient (Wildman–Crippen LogP) is 0.111. The van der Waals surface area contributed by atoms with Crippen LogP contribution in [-0.4, -0.2) is 53.5 Å². The van der Waals surface area contributed by atoms with Gasteiger partial charge in [0, 0.05) is 24.4 Å². The number of aromatic nitrogens is 5. The predicted molar refractivity (Wildman–Crippen MR) is 84.6 cm³/mol. The van der Waals surface area contributed by atoms with Crippen LogP contribution in [0.5, 0.6) is 0 Å². The molecule has 0 spiro atoms. The summed E-state index contributed by atoms with van der Waals surface area (Å²) >= 11 is 0. The van der Waals surface area contributed by atoms with Crippen molar-refractivity contribution < 1.29 is 14.9 Å². The SMILES string of the molecule is Nc1nc(-c2ccncc2)nc2c1ncn2[C@H]1C[C@H](O)[C@@H](CO)O1. The van der Waals surface area contributed by atoms with E-state index in [1.165, 1.54) is 0 Å². The van der Waals surface area contributed by atoms with Gasteiger partial charge >= 0.3 is 0 Å². The minimum Gasteiger partial charge on any atom is -0.394 e. The topological polar surface area (TPSA) is 132 Å². The zero-order valence-electron chi connectivity index (χ0n) is 12.6. The summed E-state index contributed by atoms with van der Waals surface area (Å²) in [6.45, 7) is -0.246. The molecular weight excluding hydrogens is 312 g/mol. The lowest BCUT2D eigenvalue weighted by Crippen LogP contribution is -2.24. The van der Waals surface area contributed by atoms with Crippen molar-refractivity contribution in [2.45, 2.75) is 24.9 Å². The van der Waals surface area contributed by atoms with E-state index in [1.54, 1.807) is 35.4 Å². The number of aliphatic hydroxyl groups is 2. The second kappa shape index (κ2) is 5.78. The number of hydrogen-bond acceptors (Lipinski definition) is 8. The molecule has 124 valence electrons. The summed E-state index contributed by atoms with van der Waals surface area (Å²) in [6.07, 6.45) is 3.37. The smallest absolute Gasteiger partial charge is 0.168 e. The lowest BCUT2D eigenvalue weighted by atomic mass is 10.2. The Bertz CT molecular complexity index is 868. The monoisotopic (exact) mass is 328 g/mol. The molecule has 0 amide bonds. The number of aliphatic hydroxyl groups excluding tert-OH is 2. The highest BCUT2D eigenvalue weighted by molar-refractivity contribution is 5.83. The molecule has 4 heterocycles. The van der Waals surface area contributed by atoms with Crippen LogP contribution in [0.15, 0.2) is 30.9 Å². The van der Waals surface area contributed by atoms with Gasteiger partial charge in [0.25, 0.3) is 0 Å². The molecule has 1 saturated heterocycles. The number of pyridine rings is 1. The summed E-state index contributed by atoms with van der Waals surface area (Å²) in [5.74, 6) is 0.726. The molecule has 0 unspecified atom stereocenters. The van der Waals surface area contributed by atoms with Crippen LogP contribution in [0.4, 0.5) is 5.82 Å². The van der Waals surface area contributed by atoms with Crippen molar-refractivity contribution in [1.29, 1.82) is 0 Å². The van der Waals surface area contributed by atoms with E-state index in [2.05, 4.69) is 19.9 Å². The fraction of sp³-hybridized carbons (Fsp3) is 0.333. The van der Waals surface area contributed by atoms with Gasteiger partial charge in [0.2, 0.25) is 0 Å². The van der Waals surface area contributed by atoms with Crippen LogP contribution in [0.2, 0.25) is 0 Å². The highest BCUT2D eigenvalue weighted by Gasteiger charge is 2.35. The van der Waals surface area contributed by atoms with Crippen LogP contribution >= 0.6 is 0 Å². The Morgan fingerprint density at radius 1 is 1.29 bits per heavy atom. The van der Waals surface area contributed by atoms with Gasteiger partial charge in [0.05, 0.1) is 19.0 Å². The first kappa shape index (κ1) is 14.9. The Kier molecular flexibility index (Phi) is 3.60. The third-order valence-corrected chi connectivity index (χ3v) is 4.08. The number of anilines is 1. The zero-order chi connectivity index (χ0) is 16.7. The minimum atomic E-state index is -0.740. The van der Waals surface area contributed by atoms with Crippen molar-refractivity contribution in [3.63, 3.8) is 0 Å². The standard InChI is InChI=1S/C15H16N6O3/c16-13-12-15(20-14(19-13)8-1-3-17-4-2-8)21(7-18-12)11-5-9(23)10(6-22)24-11/h1-4,7,9-11,22-23H,5-6H2,(H2,16,19,20)/t9-,10+,11+/m0/s1. The van der Waals surface area contributed by atoms with Gasteiger partial charge in [-0.2, -0.15) is 0 Å². The molecular formula is C15H16N6O3. The summed E-state index contributed by atoms with van der Waals surface area (Å²) < 4.78 is 7.38. The fourth-order valence-corrected chi connectivity index (χ4v) is 2.83. The molecule has 1 fully saturated rings. The van der Waals surface area contributed by atoms with Crippen LogP contribution in [0.3, 0.4) is 0 Å². The number of nitrogen functional groups attached to an aromatic ring is 1. The Morgan fingerprint density at radius 2 is 2.08 bits per heavy atom. The Morgan fingerprint density at radius 3 is 2.79 bits per heavy atom. The Labute approximate surface area is 136 Å². The zero-order valence-corrected chi connectivity index (χ0v) is 12.6. The number of hydrogen-bond donors (Lipinski definition) is 3. The van der Waals surface area contributed by atoms with E-state index >= 15 is 0 Å². The van der Waals surface area contributed by atoms with Crippen LogP contribution < -0.4 is 5.73 Å². The number of fused-ring (bicyclic) bond motifs is 1. The fourth-order valence-electron chi connectivity index (χ4n) is 2.83. The highest BCUT2D eigenvalue weighted by atomic mass is 16.5. The largest absolute Gasteiger partial charge is 0.394 e. The molecule has 1 aliphatic heterocycles. The van der Waals surface area contributed by atoms with Crippen LogP contribution in [-0.2, 0) is 4.74 Å². The van der Waals surface area contributed by atoms with E-state index in [1.807, 2.05) is 0 Å². The van der Waals surface area contributed by atoms with E-state index in [0.717, 1.165) is 5.56 Å². The molecule has 24 heavy (non-hydrogen) atoms. The Balaban J connectivity index is 1.79. The summed E-state index contributed by atoms with van der Waals surface area (Å²) in [5, 5.41) is 19.2. The molecule has 3 aromatic rings. The van der Waals surface area contributed by atoms with E-state index in [-0.39, 0.29) is 12.4 Å². The van der Waals surface area contributed by atoms with Gasteiger partial charge < -0.3 is 20.7 Å².